The second kappa shape index (κ2) is 6.91. The first-order chi connectivity index (χ1) is 9.65. The van der Waals surface area contributed by atoms with Crippen LogP contribution in [0.4, 0.5) is 4.79 Å². The first-order valence-electron chi connectivity index (χ1n) is 6.56. The molecule has 1 atom stereocenters. The van der Waals surface area contributed by atoms with E-state index in [1.807, 2.05) is 30.3 Å². The van der Waals surface area contributed by atoms with Crippen LogP contribution >= 0.6 is 0 Å². The van der Waals surface area contributed by atoms with Crippen LogP contribution in [0.2, 0.25) is 0 Å². The molecule has 1 aliphatic rings. The topological polar surface area (TPSA) is 78.9 Å². The van der Waals surface area contributed by atoms with Crippen molar-refractivity contribution in [1.29, 1.82) is 0 Å². The van der Waals surface area contributed by atoms with E-state index >= 15 is 0 Å². The predicted molar refractivity (Wildman–Crippen MR) is 72.2 cm³/mol. The second-order valence-corrected chi connectivity index (χ2v) is 4.74. The van der Waals surface area contributed by atoms with E-state index in [1.165, 1.54) is 0 Å². The number of amides is 1. The van der Waals surface area contributed by atoms with Crippen LogP contribution in [0.5, 0.6) is 0 Å². The fourth-order valence-corrected chi connectivity index (χ4v) is 2.15. The van der Waals surface area contributed by atoms with Gasteiger partial charge in [-0.15, -0.1) is 0 Å². The molecule has 108 valence electrons. The smallest absolute Gasteiger partial charge is 0.410 e. The molecule has 0 saturated carbocycles. The van der Waals surface area contributed by atoms with Gasteiger partial charge >= 0.3 is 12.1 Å². The fraction of sp³-hybridized carbons (Fsp3) is 0.429. The molecule has 1 aromatic rings. The molecule has 6 heteroatoms. The molecule has 1 fully saturated rings. The van der Waals surface area contributed by atoms with Crippen LogP contribution in [-0.4, -0.2) is 47.7 Å². The quantitative estimate of drug-likeness (QED) is 0.861. The molecule has 6 nitrogen and oxygen atoms in total. The Kier molecular flexibility index (Phi) is 4.95. The summed E-state index contributed by atoms with van der Waals surface area (Å²) in [6.45, 7) is 1.70. The minimum atomic E-state index is -0.873. The minimum Gasteiger partial charge on any atom is -0.481 e. The van der Waals surface area contributed by atoms with Gasteiger partial charge in [0.05, 0.1) is 6.42 Å². The van der Waals surface area contributed by atoms with Crippen LogP contribution in [-0.2, 0) is 16.1 Å². The SMILES string of the molecule is O=C(O)C[C@@H]1CN(C(=O)OCc2ccccc2)CCN1. The summed E-state index contributed by atoms with van der Waals surface area (Å²) in [4.78, 5) is 24.2. The molecule has 2 N–H and O–H groups in total. The van der Waals surface area contributed by atoms with Crippen molar-refractivity contribution in [1.82, 2.24) is 10.2 Å². The normalized spacial score (nSPS) is 18.6. The maximum atomic E-state index is 11.9. The van der Waals surface area contributed by atoms with E-state index in [4.69, 9.17) is 9.84 Å². The number of carboxylic acids is 1. The highest BCUT2D eigenvalue weighted by Crippen LogP contribution is 2.07. The van der Waals surface area contributed by atoms with Crippen molar-refractivity contribution < 1.29 is 19.4 Å². The first-order valence-corrected chi connectivity index (χ1v) is 6.56. The summed E-state index contributed by atoms with van der Waals surface area (Å²) in [6.07, 6.45) is -0.395. The number of hydrogen-bond acceptors (Lipinski definition) is 4. The van der Waals surface area contributed by atoms with Crippen LogP contribution in [0.1, 0.15) is 12.0 Å². The van der Waals surface area contributed by atoms with Gasteiger partial charge in [0.15, 0.2) is 0 Å². The van der Waals surface area contributed by atoms with Gasteiger partial charge in [-0.1, -0.05) is 30.3 Å². The lowest BCUT2D eigenvalue weighted by atomic mass is 10.1. The molecule has 0 unspecified atom stereocenters. The Labute approximate surface area is 117 Å². The third kappa shape index (κ3) is 4.24. The second-order valence-electron chi connectivity index (χ2n) is 4.74. The average Bonchev–Trinajstić information content (AvgIpc) is 2.45. The number of nitrogens with one attached hydrogen (secondary N) is 1. The molecule has 1 amide bonds. The Morgan fingerprint density at radius 2 is 2.10 bits per heavy atom. The number of hydrogen-bond donors (Lipinski definition) is 2. The molecule has 1 heterocycles. The number of carboxylic acid groups (broad SMARTS) is 1. The Morgan fingerprint density at radius 3 is 2.80 bits per heavy atom. The Morgan fingerprint density at radius 1 is 1.35 bits per heavy atom. The van der Waals surface area contributed by atoms with E-state index < -0.39 is 12.1 Å². The molecule has 1 aromatic carbocycles. The van der Waals surface area contributed by atoms with Gasteiger partial charge in [-0.05, 0) is 5.56 Å². The van der Waals surface area contributed by atoms with Crippen LogP contribution in [0, 0.1) is 0 Å². The zero-order chi connectivity index (χ0) is 14.4. The average molecular weight is 278 g/mol. The molecular weight excluding hydrogens is 260 g/mol. The lowest BCUT2D eigenvalue weighted by Crippen LogP contribution is -2.53. The summed E-state index contributed by atoms with van der Waals surface area (Å²) < 4.78 is 5.23. The van der Waals surface area contributed by atoms with Crippen LogP contribution in [0.3, 0.4) is 0 Å². The zero-order valence-corrected chi connectivity index (χ0v) is 11.1. The molecule has 0 radical (unpaired) electrons. The van der Waals surface area contributed by atoms with Crippen molar-refractivity contribution >= 4 is 12.1 Å². The molecule has 0 aromatic heterocycles. The van der Waals surface area contributed by atoms with Crippen molar-refractivity contribution in [2.45, 2.75) is 19.1 Å². The number of aliphatic carboxylic acids is 1. The first kappa shape index (κ1) is 14.3. The Hall–Kier alpha value is -2.08. The number of rotatable bonds is 4. The summed E-state index contributed by atoms with van der Waals surface area (Å²) in [5.41, 5.74) is 0.929. The number of benzene rings is 1. The van der Waals surface area contributed by atoms with E-state index in [2.05, 4.69) is 5.32 Å². The molecule has 1 saturated heterocycles. The third-order valence-electron chi connectivity index (χ3n) is 3.14. The number of carbonyl (C=O) groups is 2. The van der Waals surface area contributed by atoms with Crippen molar-refractivity contribution in [3.8, 4) is 0 Å². The number of carbonyl (C=O) groups excluding carboxylic acids is 1. The van der Waals surface area contributed by atoms with Gasteiger partial charge in [-0.3, -0.25) is 4.79 Å². The molecule has 0 spiro atoms. The van der Waals surface area contributed by atoms with Gasteiger partial charge in [0, 0.05) is 25.7 Å². The summed E-state index contributed by atoms with van der Waals surface area (Å²) in [7, 11) is 0. The van der Waals surface area contributed by atoms with Gasteiger partial charge in [-0.25, -0.2) is 4.79 Å². The molecular formula is C14H18N2O4. The van der Waals surface area contributed by atoms with E-state index in [0.29, 0.717) is 19.6 Å². The van der Waals surface area contributed by atoms with Gasteiger partial charge in [-0.2, -0.15) is 0 Å². The summed E-state index contributed by atoms with van der Waals surface area (Å²) in [5.74, 6) is -0.873. The van der Waals surface area contributed by atoms with Crippen LogP contribution in [0.25, 0.3) is 0 Å². The lowest BCUT2D eigenvalue weighted by molar-refractivity contribution is -0.137. The van der Waals surface area contributed by atoms with E-state index in [1.54, 1.807) is 4.90 Å². The highest BCUT2D eigenvalue weighted by atomic mass is 16.6. The van der Waals surface area contributed by atoms with Gasteiger partial charge in [0.2, 0.25) is 0 Å². The fourth-order valence-electron chi connectivity index (χ4n) is 2.15. The molecule has 20 heavy (non-hydrogen) atoms. The molecule has 0 bridgehead atoms. The van der Waals surface area contributed by atoms with Gasteiger partial charge in [0.25, 0.3) is 0 Å². The van der Waals surface area contributed by atoms with Crippen molar-refractivity contribution in [3.05, 3.63) is 35.9 Å². The van der Waals surface area contributed by atoms with Crippen molar-refractivity contribution in [3.63, 3.8) is 0 Å². The highest BCUT2D eigenvalue weighted by Gasteiger charge is 2.25. The van der Waals surface area contributed by atoms with Crippen LogP contribution < -0.4 is 5.32 Å². The molecule has 1 aliphatic heterocycles. The zero-order valence-electron chi connectivity index (χ0n) is 11.1. The summed E-state index contributed by atoms with van der Waals surface area (Å²) in [5, 5.41) is 11.8. The third-order valence-corrected chi connectivity index (χ3v) is 3.14. The largest absolute Gasteiger partial charge is 0.481 e. The predicted octanol–water partition coefficient (Wildman–Crippen LogP) is 1.07. The van der Waals surface area contributed by atoms with E-state index in [0.717, 1.165) is 5.56 Å². The van der Waals surface area contributed by atoms with Gasteiger partial charge in [0.1, 0.15) is 6.61 Å². The minimum absolute atomic E-state index is 0.00245. The molecule has 2 rings (SSSR count). The number of nitrogens with zero attached hydrogens (tertiary/aromatic N) is 1. The summed E-state index contributed by atoms with van der Waals surface area (Å²) >= 11 is 0. The van der Waals surface area contributed by atoms with E-state index in [-0.39, 0.29) is 19.1 Å². The maximum Gasteiger partial charge on any atom is 0.410 e. The molecule has 0 aliphatic carbocycles. The Balaban J connectivity index is 1.81. The van der Waals surface area contributed by atoms with Crippen LogP contribution in [0.15, 0.2) is 30.3 Å². The van der Waals surface area contributed by atoms with Crippen molar-refractivity contribution in [2.24, 2.45) is 0 Å². The number of piperazine rings is 1. The monoisotopic (exact) mass is 278 g/mol. The van der Waals surface area contributed by atoms with E-state index in [9.17, 15) is 9.59 Å². The summed E-state index contributed by atoms with van der Waals surface area (Å²) in [6, 6.07) is 9.23. The Bertz CT molecular complexity index is 464. The number of ether oxygens (including phenoxy) is 1. The maximum absolute atomic E-state index is 11.9. The lowest BCUT2D eigenvalue weighted by Gasteiger charge is -2.32. The highest BCUT2D eigenvalue weighted by molar-refractivity contribution is 5.69. The standard InChI is InChI=1S/C14H18N2O4/c17-13(18)8-12-9-16(7-6-15-12)14(19)20-10-11-4-2-1-3-5-11/h1-5,12,15H,6-10H2,(H,17,18)/t12-/m1/s1. The van der Waals surface area contributed by atoms with Gasteiger partial charge < -0.3 is 20.1 Å². The van der Waals surface area contributed by atoms with Crippen molar-refractivity contribution in [2.75, 3.05) is 19.6 Å².